The van der Waals surface area contributed by atoms with Crippen LogP contribution in [0.15, 0.2) is 41.3 Å². The lowest BCUT2D eigenvalue weighted by molar-refractivity contribution is -0.137. The minimum Gasteiger partial charge on any atom is -0.378 e. The van der Waals surface area contributed by atoms with Crippen molar-refractivity contribution in [2.45, 2.75) is 18.0 Å². The van der Waals surface area contributed by atoms with Crippen molar-refractivity contribution in [3.8, 4) is 0 Å². The van der Waals surface area contributed by atoms with Crippen molar-refractivity contribution in [2.24, 2.45) is 0 Å². The van der Waals surface area contributed by atoms with Crippen molar-refractivity contribution in [2.75, 3.05) is 35.9 Å². The van der Waals surface area contributed by atoms with Crippen LogP contribution in [-0.4, -0.2) is 34.7 Å². The molecule has 28 heavy (non-hydrogen) atoms. The van der Waals surface area contributed by atoms with Gasteiger partial charge in [0.15, 0.2) is 0 Å². The first-order valence-corrected chi connectivity index (χ1v) is 10.3. The SMILES string of the molecule is Cc1ccc(S(=O)(=O)Nc2cc(C(F)(F)F)ccc2N2CCOCC2)c(Cl)c1. The molecular weight excluding hydrogens is 417 g/mol. The number of nitrogens with one attached hydrogen (secondary N) is 1. The highest BCUT2D eigenvalue weighted by Crippen LogP contribution is 2.37. The van der Waals surface area contributed by atoms with Crippen LogP contribution in [0.2, 0.25) is 5.02 Å². The van der Waals surface area contributed by atoms with E-state index in [1.165, 1.54) is 18.2 Å². The summed E-state index contributed by atoms with van der Waals surface area (Å²) in [6, 6.07) is 7.36. The Kier molecular flexibility index (Phi) is 5.79. The summed E-state index contributed by atoms with van der Waals surface area (Å²) in [4.78, 5) is 1.57. The molecule has 0 atom stereocenters. The maximum absolute atomic E-state index is 13.2. The van der Waals surface area contributed by atoms with E-state index in [9.17, 15) is 21.6 Å². The van der Waals surface area contributed by atoms with Gasteiger partial charge in [0.2, 0.25) is 0 Å². The summed E-state index contributed by atoms with van der Waals surface area (Å²) in [5.41, 5.74) is 0.00529. The summed E-state index contributed by atoms with van der Waals surface area (Å²) >= 11 is 6.05. The lowest BCUT2D eigenvalue weighted by Crippen LogP contribution is -2.36. The van der Waals surface area contributed by atoms with Crippen molar-refractivity contribution in [3.63, 3.8) is 0 Å². The molecule has 0 radical (unpaired) electrons. The predicted molar refractivity (Wildman–Crippen MR) is 101 cm³/mol. The van der Waals surface area contributed by atoms with Gasteiger partial charge in [0.25, 0.3) is 10.0 Å². The zero-order chi connectivity index (χ0) is 20.5. The number of hydrogen-bond donors (Lipinski definition) is 1. The van der Waals surface area contributed by atoms with E-state index in [-0.39, 0.29) is 15.6 Å². The number of rotatable bonds is 4. The van der Waals surface area contributed by atoms with Gasteiger partial charge in [0.1, 0.15) is 4.90 Å². The molecule has 2 aromatic carbocycles. The number of anilines is 2. The first-order valence-electron chi connectivity index (χ1n) is 8.41. The molecule has 152 valence electrons. The quantitative estimate of drug-likeness (QED) is 0.779. The number of aryl methyl sites for hydroxylation is 1. The Morgan fingerprint density at radius 3 is 2.39 bits per heavy atom. The van der Waals surface area contributed by atoms with Gasteiger partial charge in [-0.05, 0) is 42.8 Å². The van der Waals surface area contributed by atoms with Crippen LogP contribution in [-0.2, 0) is 20.9 Å². The van der Waals surface area contributed by atoms with Gasteiger partial charge in [-0.3, -0.25) is 4.72 Å². The van der Waals surface area contributed by atoms with E-state index >= 15 is 0 Å². The van der Waals surface area contributed by atoms with E-state index < -0.39 is 21.8 Å². The summed E-state index contributed by atoms with van der Waals surface area (Å²) in [6.45, 7) is 3.42. The molecule has 1 saturated heterocycles. The van der Waals surface area contributed by atoms with E-state index in [1.807, 2.05) is 0 Å². The summed E-state index contributed by atoms with van der Waals surface area (Å²) in [6.07, 6.45) is -4.61. The Morgan fingerprint density at radius 2 is 1.79 bits per heavy atom. The third-order valence-corrected chi connectivity index (χ3v) is 6.15. The molecular formula is C18H18ClF3N2O3S. The van der Waals surface area contributed by atoms with Crippen LogP contribution in [0, 0.1) is 6.92 Å². The van der Waals surface area contributed by atoms with Crippen molar-refractivity contribution in [1.82, 2.24) is 0 Å². The number of halogens is 4. The maximum atomic E-state index is 13.2. The number of sulfonamides is 1. The highest BCUT2D eigenvalue weighted by Gasteiger charge is 2.32. The lowest BCUT2D eigenvalue weighted by atomic mass is 10.1. The second kappa shape index (κ2) is 7.81. The smallest absolute Gasteiger partial charge is 0.378 e. The first kappa shape index (κ1) is 20.8. The van der Waals surface area contributed by atoms with E-state index in [0.717, 1.165) is 17.7 Å². The molecule has 1 fully saturated rings. The molecule has 0 bridgehead atoms. The molecule has 1 aliphatic rings. The molecule has 0 unspecified atom stereocenters. The molecule has 2 aromatic rings. The predicted octanol–water partition coefficient (Wildman–Crippen LogP) is 4.30. The summed E-state index contributed by atoms with van der Waals surface area (Å²) in [5.74, 6) is 0. The van der Waals surface area contributed by atoms with Crippen LogP contribution >= 0.6 is 11.6 Å². The average molecular weight is 435 g/mol. The molecule has 0 spiro atoms. The largest absolute Gasteiger partial charge is 0.416 e. The molecule has 0 saturated carbocycles. The fourth-order valence-corrected chi connectivity index (χ4v) is 4.56. The zero-order valence-corrected chi connectivity index (χ0v) is 16.5. The first-order chi connectivity index (χ1) is 13.1. The fraction of sp³-hybridized carbons (Fsp3) is 0.333. The standard InChI is InChI=1S/C18H18ClF3N2O3S/c1-12-2-5-17(14(19)10-12)28(25,26)23-15-11-13(18(20,21)22)3-4-16(15)24-6-8-27-9-7-24/h2-5,10-11,23H,6-9H2,1H3. The summed E-state index contributed by atoms with van der Waals surface area (Å²) < 4.78 is 72.7. The van der Waals surface area contributed by atoms with Crippen molar-refractivity contribution in [3.05, 3.63) is 52.5 Å². The molecule has 5 nitrogen and oxygen atoms in total. The molecule has 0 amide bonds. The van der Waals surface area contributed by atoms with Gasteiger partial charge in [-0.25, -0.2) is 8.42 Å². The van der Waals surface area contributed by atoms with E-state index in [4.69, 9.17) is 16.3 Å². The number of alkyl halides is 3. The second-order valence-corrected chi connectivity index (χ2v) is 8.43. The van der Waals surface area contributed by atoms with E-state index in [2.05, 4.69) is 4.72 Å². The number of morpholine rings is 1. The van der Waals surface area contributed by atoms with Crippen molar-refractivity contribution in [1.29, 1.82) is 0 Å². The maximum Gasteiger partial charge on any atom is 0.416 e. The molecule has 0 aromatic heterocycles. The van der Waals surface area contributed by atoms with Crippen molar-refractivity contribution >= 4 is 33.0 Å². The number of ether oxygens (including phenoxy) is 1. The van der Waals surface area contributed by atoms with Crippen LogP contribution in [0.4, 0.5) is 24.5 Å². The van der Waals surface area contributed by atoms with Gasteiger partial charge in [0, 0.05) is 13.1 Å². The molecule has 1 N–H and O–H groups in total. The lowest BCUT2D eigenvalue weighted by Gasteiger charge is -2.31. The van der Waals surface area contributed by atoms with E-state index in [1.54, 1.807) is 17.9 Å². The number of hydrogen-bond acceptors (Lipinski definition) is 4. The molecule has 1 heterocycles. The number of benzene rings is 2. The second-order valence-electron chi connectivity index (χ2n) is 6.37. The molecule has 1 aliphatic heterocycles. The number of nitrogens with zero attached hydrogens (tertiary/aromatic N) is 1. The van der Waals surface area contributed by atoms with Crippen LogP contribution in [0.25, 0.3) is 0 Å². The Balaban J connectivity index is 2.04. The summed E-state index contributed by atoms with van der Waals surface area (Å²) in [7, 11) is -4.19. The molecule has 10 heteroatoms. The topological polar surface area (TPSA) is 58.6 Å². The third-order valence-electron chi connectivity index (χ3n) is 4.30. The van der Waals surface area contributed by atoms with Gasteiger partial charge >= 0.3 is 6.18 Å². The van der Waals surface area contributed by atoms with Crippen LogP contribution < -0.4 is 9.62 Å². The van der Waals surface area contributed by atoms with Crippen molar-refractivity contribution < 1.29 is 26.3 Å². The van der Waals surface area contributed by atoms with Gasteiger partial charge < -0.3 is 9.64 Å². The van der Waals surface area contributed by atoms with E-state index in [0.29, 0.717) is 32.0 Å². The Bertz CT molecular complexity index is 975. The van der Waals surface area contributed by atoms with Crippen LogP contribution in [0.5, 0.6) is 0 Å². The van der Waals surface area contributed by atoms with Gasteiger partial charge in [-0.15, -0.1) is 0 Å². The van der Waals surface area contributed by atoms with Gasteiger partial charge in [-0.2, -0.15) is 13.2 Å². The Morgan fingerprint density at radius 1 is 1.11 bits per heavy atom. The van der Waals surface area contributed by atoms with Gasteiger partial charge in [-0.1, -0.05) is 17.7 Å². The zero-order valence-electron chi connectivity index (χ0n) is 14.9. The van der Waals surface area contributed by atoms with Gasteiger partial charge in [0.05, 0.1) is 35.2 Å². The Hall–Kier alpha value is -1.97. The van der Waals surface area contributed by atoms with Crippen LogP contribution in [0.1, 0.15) is 11.1 Å². The highest BCUT2D eigenvalue weighted by molar-refractivity contribution is 7.92. The average Bonchev–Trinajstić information content (AvgIpc) is 2.61. The molecule has 0 aliphatic carbocycles. The molecule has 3 rings (SSSR count). The minimum absolute atomic E-state index is 0.00704. The monoisotopic (exact) mass is 434 g/mol. The highest BCUT2D eigenvalue weighted by atomic mass is 35.5. The van der Waals surface area contributed by atoms with Crippen LogP contribution in [0.3, 0.4) is 0 Å². The normalized spacial score (nSPS) is 15.5. The minimum atomic E-state index is -4.61. The Labute approximate surface area is 166 Å². The fourth-order valence-electron chi connectivity index (χ4n) is 2.90. The third kappa shape index (κ3) is 4.53. The summed E-state index contributed by atoms with van der Waals surface area (Å²) in [5, 5.41) is -0.00704.